The predicted octanol–water partition coefficient (Wildman–Crippen LogP) is 3.98. The lowest BCUT2D eigenvalue weighted by molar-refractivity contribution is -0.139. The first-order valence-electron chi connectivity index (χ1n) is 5.99. The van der Waals surface area contributed by atoms with Crippen LogP contribution in [0.4, 0.5) is 13.2 Å². The van der Waals surface area contributed by atoms with Gasteiger partial charge in [0, 0.05) is 0 Å². The van der Waals surface area contributed by atoms with E-state index in [2.05, 4.69) is 0 Å². The van der Waals surface area contributed by atoms with Gasteiger partial charge in [0.1, 0.15) is 12.4 Å². The minimum atomic E-state index is -4.61. The number of carbonyl (C=O) groups is 1. The molecule has 110 valence electrons. The predicted molar refractivity (Wildman–Crippen MR) is 69.2 cm³/mol. The summed E-state index contributed by atoms with van der Waals surface area (Å²) in [7, 11) is 0. The van der Waals surface area contributed by atoms with Crippen LogP contribution >= 0.6 is 0 Å². The summed E-state index contributed by atoms with van der Waals surface area (Å²) >= 11 is 0. The van der Waals surface area contributed by atoms with Gasteiger partial charge in [-0.15, -0.1) is 0 Å². The number of rotatable bonds is 4. The number of aromatic carboxylic acids is 1. The number of hydrogen-bond donors (Lipinski definition) is 1. The van der Waals surface area contributed by atoms with Crippen molar-refractivity contribution in [2.45, 2.75) is 12.8 Å². The van der Waals surface area contributed by atoms with Gasteiger partial charge < -0.3 is 9.84 Å². The smallest absolute Gasteiger partial charge is 0.419 e. The first-order valence-corrected chi connectivity index (χ1v) is 5.99. The van der Waals surface area contributed by atoms with E-state index in [0.717, 1.165) is 12.1 Å². The molecule has 2 aromatic carbocycles. The molecule has 0 aliphatic rings. The second-order valence-electron chi connectivity index (χ2n) is 4.29. The molecule has 0 spiro atoms. The SMILES string of the molecule is O=C(O)c1ccc(C(F)(F)F)c(OCc2ccccc2)c1. The lowest BCUT2D eigenvalue weighted by Crippen LogP contribution is -2.10. The van der Waals surface area contributed by atoms with Crippen molar-refractivity contribution in [1.82, 2.24) is 0 Å². The van der Waals surface area contributed by atoms with E-state index in [4.69, 9.17) is 9.84 Å². The average molecular weight is 296 g/mol. The third-order valence-electron chi connectivity index (χ3n) is 2.77. The molecule has 0 radical (unpaired) electrons. The zero-order valence-corrected chi connectivity index (χ0v) is 10.7. The van der Waals surface area contributed by atoms with Gasteiger partial charge in [-0.25, -0.2) is 4.79 Å². The van der Waals surface area contributed by atoms with E-state index in [1.165, 1.54) is 0 Å². The number of benzene rings is 2. The molecule has 21 heavy (non-hydrogen) atoms. The Morgan fingerprint density at radius 3 is 2.33 bits per heavy atom. The molecule has 0 saturated heterocycles. The Morgan fingerprint density at radius 2 is 1.76 bits per heavy atom. The van der Waals surface area contributed by atoms with E-state index in [0.29, 0.717) is 11.6 Å². The van der Waals surface area contributed by atoms with Crippen LogP contribution in [-0.4, -0.2) is 11.1 Å². The second-order valence-corrected chi connectivity index (χ2v) is 4.29. The molecule has 0 amide bonds. The fourth-order valence-electron chi connectivity index (χ4n) is 1.74. The van der Waals surface area contributed by atoms with Gasteiger partial charge in [-0.2, -0.15) is 13.2 Å². The molecule has 1 N–H and O–H groups in total. The van der Waals surface area contributed by atoms with Gasteiger partial charge in [-0.3, -0.25) is 0 Å². The molecule has 0 saturated carbocycles. The summed E-state index contributed by atoms with van der Waals surface area (Å²) in [5, 5.41) is 8.85. The number of carboxylic acid groups (broad SMARTS) is 1. The van der Waals surface area contributed by atoms with Crippen LogP contribution in [0.2, 0.25) is 0 Å². The normalized spacial score (nSPS) is 11.2. The van der Waals surface area contributed by atoms with Gasteiger partial charge in [0.2, 0.25) is 0 Å². The second kappa shape index (κ2) is 5.87. The first kappa shape index (κ1) is 14.9. The molecule has 0 aliphatic heterocycles. The van der Waals surface area contributed by atoms with Crippen LogP contribution in [0, 0.1) is 0 Å². The van der Waals surface area contributed by atoms with Crippen molar-refractivity contribution in [3.63, 3.8) is 0 Å². The third kappa shape index (κ3) is 3.75. The molecular weight excluding hydrogens is 285 g/mol. The molecule has 0 aliphatic carbocycles. The minimum absolute atomic E-state index is 0.0764. The molecule has 0 bridgehead atoms. The van der Waals surface area contributed by atoms with Crippen LogP contribution in [0.3, 0.4) is 0 Å². The maximum absolute atomic E-state index is 12.9. The van der Waals surface area contributed by atoms with Crippen molar-refractivity contribution in [2.75, 3.05) is 0 Å². The number of halogens is 3. The Morgan fingerprint density at radius 1 is 1.10 bits per heavy atom. The highest BCUT2D eigenvalue weighted by Crippen LogP contribution is 2.37. The zero-order valence-electron chi connectivity index (χ0n) is 10.7. The molecule has 0 heterocycles. The van der Waals surface area contributed by atoms with E-state index < -0.39 is 23.5 Å². The lowest BCUT2D eigenvalue weighted by atomic mass is 10.1. The monoisotopic (exact) mass is 296 g/mol. The summed E-state index contributed by atoms with van der Waals surface area (Å²) in [4.78, 5) is 10.9. The van der Waals surface area contributed by atoms with E-state index in [1.54, 1.807) is 30.3 Å². The van der Waals surface area contributed by atoms with Crippen molar-refractivity contribution in [3.8, 4) is 5.75 Å². The summed E-state index contributed by atoms with van der Waals surface area (Å²) in [5.74, 6) is -1.81. The summed E-state index contributed by atoms with van der Waals surface area (Å²) in [6.07, 6.45) is -4.61. The zero-order chi connectivity index (χ0) is 15.5. The highest BCUT2D eigenvalue weighted by atomic mass is 19.4. The van der Waals surface area contributed by atoms with E-state index in [-0.39, 0.29) is 12.2 Å². The number of ether oxygens (including phenoxy) is 1. The number of carboxylic acids is 1. The van der Waals surface area contributed by atoms with Crippen molar-refractivity contribution in [2.24, 2.45) is 0 Å². The lowest BCUT2D eigenvalue weighted by Gasteiger charge is -2.14. The quantitative estimate of drug-likeness (QED) is 0.928. The molecule has 3 nitrogen and oxygen atoms in total. The van der Waals surface area contributed by atoms with Crippen LogP contribution in [-0.2, 0) is 12.8 Å². The van der Waals surface area contributed by atoms with Crippen LogP contribution in [0.1, 0.15) is 21.5 Å². The topological polar surface area (TPSA) is 46.5 Å². The number of alkyl halides is 3. The van der Waals surface area contributed by atoms with Gasteiger partial charge in [0.05, 0.1) is 11.1 Å². The van der Waals surface area contributed by atoms with Crippen LogP contribution in [0.5, 0.6) is 5.75 Å². The van der Waals surface area contributed by atoms with Crippen molar-refractivity contribution in [3.05, 3.63) is 65.2 Å². The van der Waals surface area contributed by atoms with Gasteiger partial charge in [-0.1, -0.05) is 30.3 Å². The highest BCUT2D eigenvalue weighted by Gasteiger charge is 2.34. The Hall–Kier alpha value is -2.50. The molecule has 0 unspecified atom stereocenters. The molecule has 0 atom stereocenters. The summed E-state index contributed by atoms with van der Waals surface area (Å²) in [6, 6.07) is 11.1. The van der Waals surface area contributed by atoms with Crippen molar-refractivity contribution in [1.29, 1.82) is 0 Å². The molecule has 0 fully saturated rings. The largest absolute Gasteiger partial charge is 0.488 e. The van der Waals surface area contributed by atoms with Gasteiger partial charge in [-0.05, 0) is 23.8 Å². The van der Waals surface area contributed by atoms with Crippen LogP contribution in [0.25, 0.3) is 0 Å². The molecule has 0 aromatic heterocycles. The highest BCUT2D eigenvalue weighted by molar-refractivity contribution is 5.88. The van der Waals surface area contributed by atoms with Gasteiger partial charge in [0.25, 0.3) is 0 Å². The Bertz CT molecular complexity index is 636. The summed E-state index contributed by atoms with van der Waals surface area (Å²) in [6.45, 7) is -0.0764. The first-order chi connectivity index (χ1) is 9.88. The molecule has 6 heteroatoms. The molecule has 2 rings (SSSR count). The van der Waals surface area contributed by atoms with Gasteiger partial charge >= 0.3 is 12.1 Å². The fourth-order valence-corrected chi connectivity index (χ4v) is 1.74. The maximum atomic E-state index is 12.9. The van der Waals surface area contributed by atoms with Crippen molar-refractivity contribution >= 4 is 5.97 Å². The standard InChI is InChI=1S/C15H11F3O3/c16-15(17,18)12-7-6-11(14(19)20)8-13(12)21-9-10-4-2-1-3-5-10/h1-8H,9H2,(H,19,20). The maximum Gasteiger partial charge on any atom is 0.419 e. The van der Waals surface area contributed by atoms with Gasteiger partial charge in [0.15, 0.2) is 0 Å². The number of hydrogen-bond acceptors (Lipinski definition) is 2. The third-order valence-corrected chi connectivity index (χ3v) is 2.77. The summed E-state index contributed by atoms with van der Waals surface area (Å²) < 4.78 is 43.8. The fraction of sp³-hybridized carbons (Fsp3) is 0.133. The summed E-state index contributed by atoms with van der Waals surface area (Å²) in [5.41, 5.74) is -0.569. The van der Waals surface area contributed by atoms with E-state index in [1.807, 2.05) is 0 Å². The Balaban J connectivity index is 2.30. The Kier molecular flexibility index (Phi) is 4.16. The minimum Gasteiger partial charge on any atom is -0.488 e. The van der Waals surface area contributed by atoms with Crippen LogP contribution in [0.15, 0.2) is 48.5 Å². The van der Waals surface area contributed by atoms with Crippen LogP contribution < -0.4 is 4.74 Å². The molecular formula is C15H11F3O3. The Labute approximate surface area is 118 Å². The molecule has 2 aromatic rings. The van der Waals surface area contributed by atoms with Crippen molar-refractivity contribution < 1.29 is 27.8 Å². The van der Waals surface area contributed by atoms with E-state index >= 15 is 0 Å². The van der Waals surface area contributed by atoms with E-state index in [9.17, 15) is 18.0 Å². The average Bonchev–Trinajstić information content (AvgIpc) is 2.45.